The van der Waals surface area contributed by atoms with Crippen LogP contribution in [-0.4, -0.2) is 14.3 Å². The van der Waals surface area contributed by atoms with Crippen LogP contribution < -0.4 is 10.5 Å². The fourth-order valence-electron chi connectivity index (χ4n) is 3.75. The van der Waals surface area contributed by atoms with Crippen LogP contribution in [0.1, 0.15) is 49.8 Å². The Hall–Kier alpha value is -2.18. The van der Waals surface area contributed by atoms with Crippen molar-refractivity contribution in [2.45, 2.75) is 49.0 Å². The molecule has 26 heavy (non-hydrogen) atoms. The highest BCUT2D eigenvalue weighted by Gasteiger charge is 2.42. The minimum absolute atomic E-state index is 0.0317. The molecule has 3 N–H and O–H groups in total. The fourth-order valence-corrected chi connectivity index (χ4v) is 4.26. The Labute approximate surface area is 154 Å². The zero-order valence-corrected chi connectivity index (χ0v) is 15.6. The Morgan fingerprint density at radius 2 is 1.62 bits per heavy atom. The minimum atomic E-state index is -3.71. The Morgan fingerprint density at radius 3 is 2.15 bits per heavy atom. The van der Waals surface area contributed by atoms with Crippen LogP contribution in [0.3, 0.4) is 0 Å². The first kappa shape index (κ1) is 18.6. The molecule has 0 bridgehead atoms. The van der Waals surface area contributed by atoms with E-state index in [4.69, 9.17) is 5.14 Å². The van der Waals surface area contributed by atoms with E-state index in [2.05, 4.69) is 5.32 Å². The summed E-state index contributed by atoms with van der Waals surface area (Å²) in [6.45, 7) is 1.90. The third kappa shape index (κ3) is 3.66. The monoisotopic (exact) mass is 372 g/mol. The summed E-state index contributed by atoms with van der Waals surface area (Å²) in [5, 5.41) is 8.25. The van der Waals surface area contributed by atoms with Gasteiger partial charge in [-0.25, -0.2) is 13.6 Å². The van der Waals surface area contributed by atoms with Gasteiger partial charge in [0.25, 0.3) is 0 Å². The summed E-state index contributed by atoms with van der Waals surface area (Å²) < 4.78 is 22.7. The standard InChI is InChI=1S/C20H24N2O3S/c1-15(16-9-11-18(12-10-16)26(21,24)25)22-19(23)20(13-5-6-14-20)17-7-3-2-4-8-17/h2-4,7-12,15H,5-6,13-14H2,1H3,(H,22,23)(H2,21,24,25). The molecule has 1 unspecified atom stereocenters. The van der Waals surface area contributed by atoms with Gasteiger partial charge >= 0.3 is 0 Å². The molecule has 2 aromatic carbocycles. The highest BCUT2D eigenvalue weighted by molar-refractivity contribution is 7.89. The Kier molecular flexibility index (Phi) is 5.16. The lowest BCUT2D eigenvalue weighted by molar-refractivity contribution is -0.127. The van der Waals surface area contributed by atoms with E-state index in [9.17, 15) is 13.2 Å². The molecule has 5 nitrogen and oxygen atoms in total. The number of nitrogens with two attached hydrogens (primary N) is 1. The number of primary sulfonamides is 1. The van der Waals surface area contributed by atoms with Crippen molar-refractivity contribution >= 4 is 15.9 Å². The summed E-state index contributed by atoms with van der Waals surface area (Å²) >= 11 is 0. The second-order valence-electron chi connectivity index (χ2n) is 6.96. The van der Waals surface area contributed by atoms with Crippen LogP contribution >= 0.6 is 0 Å². The predicted octanol–water partition coefficient (Wildman–Crippen LogP) is 3.02. The van der Waals surface area contributed by atoms with Crippen LogP contribution in [-0.2, 0) is 20.2 Å². The van der Waals surface area contributed by atoms with Gasteiger partial charge in [-0.05, 0) is 43.0 Å². The Morgan fingerprint density at radius 1 is 1.04 bits per heavy atom. The molecular weight excluding hydrogens is 348 g/mol. The van der Waals surface area contributed by atoms with Gasteiger partial charge in [0, 0.05) is 0 Å². The molecule has 1 saturated carbocycles. The predicted molar refractivity (Wildman–Crippen MR) is 101 cm³/mol. The molecule has 1 aliphatic rings. The molecule has 0 spiro atoms. The largest absolute Gasteiger partial charge is 0.349 e. The lowest BCUT2D eigenvalue weighted by Crippen LogP contribution is -2.43. The summed E-state index contributed by atoms with van der Waals surface area (Å²) in [4.78, 5) is 13.2. The molecule has 0 saturated heterocycles. The van der Waals surface area contributed by atoms with Crippen LogP contribution in [0.25, 0.3) is 0 Å². The van der Waals surface area contributed by atoms with E-state index in [1.807, 2.05) is 37.3 Å². The van der Waals surface area contributed by atoms with Gasteiger partial charge in [0.2, 0.25) is 15.9 Å². The van der Waals surface area contributed by atoms with Gasteiger partial charge in [-0.2, -0.15) is 0 Å². The number of benzene rings is 2. The van der Waals surface area contributed by atoms with E-state index in [1.54, 1.807) is 12.1 Å². The summed E-state index contributed by atoms with van der Waals surface area (Å²) in [5.74, 6) is 0.0317. The van der Waals surface area contributed by atoms with E-state index in [1.165, 1.54) is 12.1 Å². The number of hydrogen-bond donors (Lipinski definition) is 2. The minimum Gasteiger partial charge on any atom is -0.349 e. The average molecular weight is 372 g/mol. The number of hydrogen-bond acceptors (Lipinski definition) is 3. The van der Waals surface area contributed by atoms with Gasteiger partial charge in [-0.1, -0.05) is 55.3 Å². The maximum Gasteiger partial charge on any atom is 0.238 e. The van der Waals surface area contributed by atoms with Crippen LogP contribution in [0.5, 0.6) is 0 Å². The first-order valence-corrected chi connectivity index (χ1v) is 10.4. The zero-order valence-electron chi connectivity index (χ0n) is 14.8. The van der Waals surface area contributed by atoms with Crippen LogP contribution in [0.4, 0.5) is 0 Å². The molecule has 1 atom stereocenters. The van der Waals surface area contributed by atoms with Crippen molar-refractivity contribution < 1.29 is 13.2 Å². The topological polar surface area (TPSA) is 89.3 Å². The van der Waals surface area contributed by atoms with Gasteiger partial charge in [0.05, 0.1) is 16.4 Å². The normalized spacial score (nSPS) is 17.6. The highest BCUT2D eigenvalue weighted by Crippen LogP contribution is 2.41. The average Bonchev–Trinajstić information content (AvgIpc) is 3.13. The molecule has 0 heterocycles. The van der Waals surface area contributed by atoms with E-state index >= 15 is 0 Å². The van der Waals surface area contributed by atoms with E-state index in [-0.39, 0.29) is 16.8 Å². The van der Waals surface area contributed by atoms with Crippen LogP contribution in [0, 0.1) is 0 Å². The first-order chi connectivity index (χ1) is 12.3. The zero-order chi connectivity index (χ0) is 18.8. The second kappa shape index (κ2) is 7.21. The summed E-state index contributed by atoms with van der Waals surface area (Å²) in [6.07, 6.45) is 3.78. The van der Waals surface area contributed by atoms with Gasteiger partial charge in [0.1, 0.15) is 0 Å². The smallest absolute Gasteiger partial charge is 0.238 e. The molecule has 6 heteroatoms. The molecule has 0 aliphatic heterocycles. The number of nitrogens with one attached hydrogen (secondary N) is 1. The van der Waals surface area contributed by atoms with Crippen molar-refractivity contribution in [3.05, 3.63) is 65.7 Å². The van der Waals surface area contributed by atoms with Gasteiger partial charge in [-0.3, -0.25) is 4.79 Å². The van der Waals surface area contributed by atoms with Crippen LogP contribution in [0.15, 0.2) is 59.5 Å². The number of carbonyl (C=O) groups is 1. The van der Waals surface area contributed by atoms with Gasteiger partial charge in [0.15, 0.2) is 0 Å². The van der Waals surface area contributed by atoms with Gasteiger partial charge < -0.3 is 5.32 Å². The maximum absolute atomic E-state index is 13.2. The Balaban J connectivity index is 1.80. The molecular formula is C20H24N2O3S. The number of sulfonamides is 1. The molecule has 0 radical (unpaired) electrons. The molecule has 0 aromatic heterocycles. The van der Waals surface area contributed by atoms with Gasteiger partial charge in [-0.15, -0.1) is 0 Å². The molecule has 1 amide bonds. The third-order valence-corrected chi connectivity index (χ3v) is 6.20. The quantitative estimate of drug-likeness (QED) is 0.845. The summed E-state index contributed by atoms with van der Waals surface area (Å²) in [6, 6.07) is 16.0. The first-order valence-electron chi connectivity index (χ1n) is 8.82. The number of carbonyl (C=O) groups excluding carboxylic acids is 1. The van der Waals surface area contributed by atoms with Crippen molar-refractivity contribution in [1.82, 2.24) is 5.32 Å². The van der Waals surface area contributed by atoms with Crippen LogP contribution in [0.2, 0.25) is 0 Å². The maximum atomic E-state index is 13.2. The van der Waals surface area contributed by atoms with E-state index in [0.29, 0.717) is 0 Å². The highest BCUT2D eigenvalue weighted by atomic mass is 32.2. The summed E-state index contributed by atoms with van der Waals surface area (Å²) in [7, 11) is -3.71. The van der Waals surface area contributed by atoms with Crippen molar-refractivity contribution in [3.63, 3.8) is 0 Å². The Bertz CT molecular complexity index is 871. The number of amides is 1. The van der Waals surface area contributed by atoms with E-state index in [0.717, 1.165) is 36.8 Å². The molecule has 1 aliphatic carbocycles. The lowest BCUT2D eigenvalue weighted by atomic mass is 9.77. The van der Waals surface area contributed by atoms with Crippen molar-refractivity contribution in [1.29, 1.82) is 0 Å². The molecule has 3 rings (SSSR count). The molecule has 1 fully saturated rings. The second-order valence-corrected chi connectivity index (χ2v) is 8.53. The van der Waals surface area contributed by atoms with E-state index < -0.39 is 15.4 Å². The van der Waals surface area contributed by atoms with Crippen molar-refractivity contribution in [2.75, 3.05) is 0 Å². The summed E-state index contributed by atoms with van der Waals surface area (Å²) in [5.41, 5.74) is 1.43. The lowest BCUT2D eigenvalue weighted by Gasteiger charge is -2.30. The molecule has 138 valence electrons. The van der Waals surface area contributed by atoms with Crippen molar-refractivity contribution in [3.8, 4) is 0 Å². The molecule has 2 aromatic rings. The van der Waals surface area contributed by atoms with Crippen molar-refractivity contribution in [2.24, 2.45) is 5.14 Å². The number of rotatable bonds is 5. The third-order valence-electron chi connectivity index (χ3n) is 5.27. The SMILES string of the molecule is CC(NC(=O)C1(c2ccccc2)CCCC1)c1ccc(S(N)(=O)=O)cc1. The fraction of sp³-hybridized carbons (Fsp3) is 0.350.